The first-order valence-corrected chi connectivity index (χ1v) is 7.19. The molecule has 0 unspecified atom stereocenters. The number of sulfonamides is 1. The summed E-state index contributed by atoms with van der Waals surface area (Å²) in [6, 6.07) is 8.19. The number of nitrogens with zero attached hydrogens (tertiary/aromatic N) is 1. The van der Waals surface area contributed by atoms with E-state index < -0.39 is 10.0 Å². The van der Waals surface area contributed by atoms with Crippen LogP contribution >= 0.6 is 0 Å². The van der Waals surface area contributed by atoms with Crippen molar-refractivity contribution >= 4 is 10.0 Å². The first-order chi connectivity index (χ1) is 7.92. The molecule has 0 radical (unpaired) electrons. The molecule has 96 valence electrons. The minimum atomic E-state index is -3.09. The highest BCUT2D eigenvalue weighted by Gasteiger charge is 2.12. The fraction of sp³-hybridized carbons (Fsp3) is 0.500. The summed E-state index contributed by atoms with van der Waals surface area (Å²) in [7, 11) is 0.0133. The Morgan fingerprint density at radius 3 is 2.29 bits per heavy atom. The van der Waals surface area contributed by atoms with Crippen LogP contribution in [0.2, 0.25) is 0 Å². The smallest absolute Gasteiger partial charge is 0.214 e. The van der Waals surface area contributed by atoms with E-state index >= 15 is 0 Å². The minimum absolute atomic E-state index is 0.131. The topological polar surface area (TPSA) is 49.4 Å². The van der Waals surface area contributed by atoms with E-state index in [1.165, 1.54) is 9.87 Å². The molecule has 0 amide bonds. The highest BCUT2D eigenvalue weighted by Crippen LogP contribution is 2.02. The molecule has 0 heterocycles. The van der Waals surface area contributed by atoms with Gasteiger partial charge in [-0.3, -0.25) is 0 Å². The molecule has 0 spiro atoms. The van der Waals surface area contributed by atoms with E-state index in [0.717, 1.165) is 5.56 Å². The van der Waals surface area contributed by atoms with E-state index in [4.69, 9.17) is 0 Å². The van der Waals surface area contributed by atoms with E-state index in [1.807, 2.05) is 31.2 Å². The van der Waals surface area contributed by atoms with Crippen molar-refractivity contribution in [3.63, 3.8) is 0 Å². The van der Waals surface area contributed by atoms with Gasteiger partial charge in [0.1, 0.15) is 0 Å². The largest absolute Gasteiger partial charge is 0.312 e. The molecule has 0 atom stereocenters. The van der Waals surface area contributed by atoms with Gasteiger partial charge < -0.3 is 5.32 Å². The zero-order valence-electron chi connectivity index (χ0n) is 10.6. The van der Waals surface area contributed by atoms with Gasteiger partial charge in [0.15, 0.2) is 0 Å². The Kier molecular flexibility index (Phi) is 5.11. The maximum absolute atomic E-state index is 11.5. The monoisotopic (exact) mass is 256 g/mol. The van der Waals surface area contributed by atoms with Gasteiger partial charge in [-0.05, 0) is 12.5 Å². The molecule has 0 bridgehead atoms. The van der Waals surface area contributed by atoms with Crippen molar-refractivity contribution in [2.24, 2.45) is 0 Å². The van der Waals surface area contributed by atoms with Gasteiger partial charge in [-0.2, -0.15) is 0 Å². The summed E-state index contributed by atoms with van der Waals surface area (Å²) < 4.78 is 24.2. The Balaban J connectivity index is 2.32. The fourth-order valence-corrected chi connectivity index (χ4v) is 2.09. The molecule has 1 rings (SSSR count). The standard InChI is InChI=1S/C12H20N2O2S/c1-11-4-6-12(7-5-11)10-13-8-9-17(15,16)14(2)3/h4-7,13H,8-10H2,1-3H3. The fourth-order valence-electron chi connectivity index (χ4n) is 1.32. The molecule has 0 aliphatic heterocycles. The van der Waals surface area contributed by atoms with Gasteiger partial charge in [-0.1, -0.05) is 29.8 Å². The van der Waals surface area contributed by atoms with Gasteiger partial charge in [-0.15, -0.1) is 0 Å². The number of hydrogen-bond acceptors (Lipinski definition) is 3. The van der Waals surface area contributed by atoms with E-state index in [0.29, 0.717) is 13.1 Å². The summed E-state index contributed by atoms with van der Waals surface area (Å²) in [5.74, 6) is 0.131. The lowest BCUT2D eigenvalue weighted by atomic mass is 10.1. The molecule has 5 heteroatoms. The van der Waals surface area contributed by atoms with Crippen LogP contribution in [-0.2, 0) is 16.6 Å². The van der Waals surface area contributed by atoms with E-state index in [-0.39, 0.29) is 5.75 Å². The molecule has 1 N–H and O–H groups in total. The lowest BCUT2D eigenvalue weighted by molar-refractivity contribution is 0.517. The summed E-state index contributed by atoms with van der Waals surface area (Å²) in [6.45, 7) is 3.21. The molecule has 0 aliphatic rings. The number of rotatable bonds is 6. The molecule has 1 aromatic rings. The van der Waals surface area contributed by atoms with Crippen LogP contribution in [0.3, 0.4) is 0 Å². The van der Waals surface area contributed by atoms with Crippen LogP contribution in [0, 0.1) is 6.92 Å². The van der Waals surface area contributed by atoms with Gasteiger partial charge in [0.05, 0.1) is 5.75 Å². The molecular weight excluding hydrogens is 236 g/mol. The van der Waals surface area contributed by atoms with Crippen molar-refractivity contribution < 1.29 is 8.42 Å². The van der Waals surface area contributed by atoms with Crippen LogP contribution in [-0.4, -0.2) is 39.1 Å². The number of hydrogen-bond donors (Lipinski definition) is 1. The highest BCUT2D eigenvalue weighted by atomic mass is 32.2. The molecule has 0 saturated heterocycles. The molecule has 4 nitrogen and oxygen atoms in total. The third kappa shape index (κ3) is 4.85. The summed E-state index contributed by atoms with van der Waals surface area (Å²) in [4.78, 5) is 0. The Labute approximate surface area is 104 Å². The number of aryl methyl sites for hydroxylation is 1. The van der Waals surface area contributed by atoms with Gasteiger partial charge in [-0.25, -0.2) is 12.7 Å². The minimum Gasteiger partial charge on any atom is -0.312 e. The molecule has 17 heavy (non-hydrogen) atoms. The predicted molar refractivity (Wildman–Crippen MR) is 70.4 cm³/mol. The SMILES string of the molecule is Cc1ccc(CNCCS(=O)(=O)N(C)C)cc1. The van der Waals surface area contributed by atoms with Gasteiger partial charge in [0, 0.05) is 27.2 Å². The van der Waals surface area contributed by atoms with Crippen molar-refractivity contribution in [1.29, 1.82) is 0 Å². The van der Waals surface area contributed by atoms with Gasteiger partial charge in [0.25, 0.3) is 0 Å². The lowest BCUT2D eigenvalue weighted by Crippen LogP contribution is -2.30. The Morgan fingerprint density at radius 1 is 1.18 bits per heavy atom. The zero-order valence-corrected chi connectivity index (χ0v) is 11.4. The Hall–Kier alpha value is -0.910. The summed E-state index contributed by atoms with van der Waals surface area (Å²) in [5.41, 5.74) is 2.39. The number of nitrogens with one attached hydrogen (secondary N) is 1. The van der Waals surface area contributed by atoms with Crippen LogP contribution in [0.25, 0.3) is 0 Å². The lowest BCUT2D eigenvalue weighted by Gasteiger charge is -2.11. The quantitative estimate of drug-likeness (QED) is 0.772. The molecule has 0 fully saturated rings. The van der Waals surface area contributed by atoms with E-state index in [1.54, 1.807) is 14.1 Å². The maximum atomic E-state index is 11.5. The molecule has 0 saturated carbocycles. The predicted octanol–water partition coefficient (Wildman–Crippen LogP) is 0.976. The Morgan fingerprint density at radius 2 is 1.76 bits per heavy atom. The van der Waals surface area contributed by atoms with Crippen molar-refractivity contribution in [3.05, 3.63) is 35.4 Å². The van der Waals surface area contributed by atoms with E-state index in [9.17, 15) is 8.42 Å². The zero-order chi connectivity index (χ0) is 12.9. The summed E-state index contributed by atoms with van der Waals surface area (Å²) in [6.07, 6.45) is 0. The van der Waals surface area contributed by atoms with Crippen LogP contribution in [0.1, 0.15) is 11.1 Å². The van der Waals surface area contributed by atoms with Gasteiger partial charge in [0.2, 0.25) is 10.0 Å². The number of benzene rings is 1. The average molecular weight is 256 g/mol. The van der Waals surface area contributed by atoms with Crippen LogP contribution in [0.4, 0.5) is 0 Å². The van der Waals surface area contributed by atoms with E-state index in [2.05, 4.69) is 5.32 Å². The third-order valence-electron chi connectivity index (χ3n) is 2.54. The molecular formula is C12H20N2O2S. The van der Waals surface area contributed by atoms with Gasteiger partial charge >= 0.3 is 0 Å². The normalized spacial score (nSPS) is 12.0. The van der Waals surface area contributed by atoms with Crippen LogP contribution in [0.15, 0.2) is 24.3 Å². The summed E-state index contributed by atoms with van der Waals surface area (Å²) in [5, 5.41) is 3.13. The first kappa shape index (κ1) is 14.2. The Bertz CT molecular complexity index is 438. The first-order valence-electron chi connectivity index (χ1n) is 5.58. The maximum Gasteiger partial charge on any atom is 0.214 e. The molecule has 0 aliphatic carbocycles. The second-order valence-corrected chi connectivity index (χ2v) is 6.56. The highest BCUT2D eigenvalue weighted by molar-refractivity contribution is 7.89. The molecule has 1 aromatic carbocycles. The second kappa shape index (κ2) is 6.14. The van der Waals surface area contributed by atoms with Crippen molar-refractivity contribution in [1.82, 2.24) is 9.62 Å². The average Bonchev–Trinajstić information content (AvgIpc) is 2.26. The molecule has 0 aromatic heterocycles. The van der Waals surface area contributed by atoms with Crippen molar-refractivity contribution in [2.45, 2.75) is 13.5 Å². The summed E-state index contributed by atoms with van der Waals surface area (Å²) >= 11 is 0. The van der Waals surface area contributed by atoms with Crippen molar-refractivity contribution in [3.8, 4) is 0 Å². The van der Waals surface area contributed by atoms with Crippen LogP contribution < -0.4 is 5.32 Å². The van der Waals surface area contributed by atoms with Crippen LogP contribution in [0.5, 0.6) is 0 Å². The van der Waals surface area contributed by atoms with Crippen molar-refractivity contribution in [2.75, 3.05) is 26.4 Å². The third-order valence-corrected chi connectivity index (χ3v) is 4.38. The second-order valence-electron chi connectivity index (χ2n) is 4.26.